The Bertz CT molecular complexity index is 842. The largest absolute Gasteiger partial charge is 0.497 e. The second-order valence-corrected chi connectivity index (χ2v) is 4.91. The Hall–Kier alpha value is -2.53. The van der Waals surface area contributed by atoms with Crippen LogP contribution < -0.4 is 10.5 Å². The summed E-state index contributed by atoms with van der Waals surface area (Å²) in [5.74, 6) is 1.82. The molecule has 0 amide bonds. The van der Waals surface area contributed by atoms with Gasteiger partial charge in [-0.05, 0) is 30.3 Å². The molecule has 3 aromatic rings. The molecule has 2 N–H and O–H groups in total. The molecule has 0 bridgehead atoms. The highest BCUT2D eigenvalue weighted by molar-refractivity contribution is 6.28. The maximum atomic E-state index is 5.80. The number of aromatic nitrogens is 1. The lowest BCUT2D eigenvalue weighted by atomic mass is 10.2. The zero-order valence-electron chi connectivity index (χ0n) is 11.9. The van der Waals surface area contributed by atoms with E-state index in [2.05, 4.69) is 9.98 Å². The van der Waals surface area contributed by atoms with E-state index in [-0.39, 0.29) is 5.88 Å². The summed E-state index contributed by atoms with van der Waals surface area (Å²) >= 11 is 5.63. The van der Waals surface area contributed by atoms with Crippen molar-refractivity contribution in [3.8, 4) is 17.2 Å². The van der Waals surface area contributed by atoms with Crippen LogP contribution in [0.25, 0.3) is 22.6 Å². The molecule has 0 aliphatic carbocycles. The van der Waals surface area contributed by atoms with E-state index in [4.69, 9.17) is 26.5 Å². The van der Waals surface area contributed by atoms with Crippen LogP contribution in [0.1, 0.15) is 0 Å². The minimum atomic E-state index is 0.184. The molecule has 0 unspecified atom stereocenters. The highest BCUT2D eigenvalue weighted by Gasteiger charge is 2.09. The van der Waals surface area contributed by atoms with Gasteiger partial charge in [-0.15, -0.1) is 11.6 Å². The molecular weight excluding hydrogens is 302 g/mol. The summed E-state index contributed by atoms with van der Waals surface area (Å²) in [6.45, 7) is 0. The van der Waals surface area contributed by atoms with Gasteiger partial charge in [0.2, 0.25) is 5.89 Å². The average Bonchev–Trinajstić information content (AvgIpc) is 2.98. The molecule has 0 spiro atoms. The second-order valence-electron chi connectivity index (χ2n) is 4.64. The van der Waals surface area contributed by atoms with Gasteiger partial charge in [-0.25, -0.2) is 9.98 Å². The summed E-state index contributed by atoms with van der Waals surface area (Å²) in [5, 5.41) is 0. The fourth-order valence-corrected chi connectivity index (χ4v) is 2.12. The SMILES string of the molecule is COc1cccc(-c2nc3ccc(N=C(N)CCl)cc3o2)c1. The van der Waals surface area contributed by atoms with E-state index in [1.807, 2.05) is 36.4 Å². The van der Waals surface area contributed by atoms with E-state index < -0.39 is 0 Å². The van der Waals surface area contributed by atoms with Crippen LogP contribution in [0, 0.1) is 0 Å². The normalized spacial score (nSPS) is 11.8. The molecule has 0 saturated carbocycles. The lowest BCUT2D eigenvalue weighted by Gasteiger charge is -2.00. The Kier molecular flexibility index (Phi) is 3.98. The first-order valence-electron chi connectivity index (χ1n) is 6.63. The molecule has 6 heteroatoms. The van der Waals surface area contributed by atoms with Crippen LogP contribution in [0.4, 0.5) is 5.69 Å². The smallest absolute Gasteiger partial charge is 0.227 e. The summed E-state index contributed by atoms with van der Waals surface area (Å²) in [4.78, 5) is 8.66. The molecule has 0 saturated heterocycles. The summed E-state index contributed by atoms with van der Waals surface area (Å²) in [7, 11) is 1.62. The molecule has 0 radical (unpaired) electrons. The number of oxazole rings is 1. The van der Waals surface area contributed by atoms with Gasteiger partial charge >= 0.3 is 0 Å². The Morgan fingerprint density at radius 2 is 2.18 bits per heavy atom. The molecule has 0 aliphatic heterocycles. The number of ether oxygens (including phenoxy) is 1. The van der Waals surface area contributed by atoms with Gasteiger partial charge in [-0.3, -0.25) is 0 Å². The topological polar surface area (TPSA) is 73.6 Å². The number of rotatable bonds is 4. The van der Waals surface area contributed by atoms with Crippen LogP contribution >= 0.6 is 11.6 Å². The minimum Gasteiger partial charge on any atom is -0.497 e. The number of methoxy groups -OCH3 is 1. The number of nitrogens with zero attached hydrogens (tertiary/aromatic N) is 2. The van der Waals surface area contributed by atoms with E-state index in [0.717, 1.165) is 16.8 Å². The van der Waals surface area contributed by atoms with E-state index >= 15 is 0 Å². The maximum Gasteiger partial charge on any atom is 0.227 e. The predicted molar refractivity (Wildman–Crippen MR) is 88.0 cm³/mol. The molecule has 1 heterocycles. The van der Waals surface area contributed by atoms with Gasteiger partial charge in [0.1, 0.15) is 17.1 Å². The number of amidine groups is 1. The molecule has 112 valence electrons. The summed E-state index contributed by atoms with van der Waals surface area (Å²) < 4.78 is 11.0. The second kappa shape index (κ2) is 6.07. The highest BCUT2D eigenvalue weighted by atomic mass is 35.5. The van der Waals surface area contributed by atoms with Crippen molar-refractivity contribution in [2.75, 3.05) is 13.0 Å². The van der Waals surface area contributed by atoms with E-state index in [1.165, 1.54) is 0 Å². The number of hydrogen-bond donors (Lipinski definition) is 1. The van der Waals surface area contributed by atoms with Gasteiger partial charge < -0.3 is 14.9 Å². The predicted octanol–water partition coefficient (Wildman–Crippen LogP) is 3.73. The van der Waals surface area contributed by atoms with Gasteiger partial charge in [0.25, 0.3) is 0 Å². The average molecular weight is 316 g/mol. The summed E-state index contributed by atoms with van der Waals surface area (Å²) in [6, 6.07) is 13.0. The van der Waals surface area contributed by atoms with E-state index in [1.54, 1.807) is 13.2 Å². The van der Waals surface area contributed by atoms with E-state index in [0.29, 0.717) is 23.0 Å². The van der Waals surface area contributed by atoms with E-state index in [9.17, 15) is 0 Å². The summed E-state index contributed by atoms with van der Waals surface area (Å²) in [6.07, 6.45) is 0. The van der Waals surface area contributed by atoms with Crippen LogP contribution in [0.15, 0.2) is 51.9 Å². The monoisotopic (exact) mass is 315 g/mol. The molecule has 0 fully saturated rings. The third kappa shape index (κ3) is 2.89. The molecular formula is C16H14ClN3O2. The quantitative estimate of drug-likeness (QED) is 0.452. The molecule has 5 nitrogen and oxygen atoms in total. The van der Waals surface area contributed by atoms with Crippen molar-refractivity contribution in [2.24, 2.45) is 10.7 Å². The first-order chi connectivity index (χ1) is 10.7. The van der Waals surface area contributed by atoms with Gasteiger partial charge in [-0.1, -0.05) is 6.07 Å². The van der Waals surface area contributed by atoms with Crippen LogP contribution in [-0.4, -0.2) is 23.8 Å². The molecule has 2 aromatic carbocycles. The number of nitrogens with two attached hydrogens (primary N) is 1. The molecule has 0 aliphatic rings. The Balaban J connectivity index is 2.02. The van der Waals surface area contributed by atoms with Crippen molar-refractivity contribution < 1.29 is 9.15 Å². The third-order valence-electron chi connectivity index (χ3n) is 3.10. The highest BCUT2D eigenvalue weighted by Crippen LogP contribution is 2.28. The fourth-order valence-electron chi connectivity index (χ4n) is 2.06. The van der Waals surface area contributed by atoms with Crippen molar-refractivity contribution in [2.45, 2.75) is 0 Å². The zero-order chi connectivity index (χ0) is 15.5. The molecule has 1 aromatic heterocycles. The number of fused-ring (bicyclic) bond motifs is 1. The standard InChI is InChI=1S/C16H14ClN3O2/c1-21-12-4-2-3-10(7-12)16-20-13-6-5-11(8-14(13)22-16)19-15(18)9-17/h2-8H,9H2,1H3,(H2,18,19). The minimum absolute atomic E-state index is 0.184. The van der Waals surface area contributed by atoms with Crippen LogP contribution in [0.3, 0.4) is 0 Å². The number of hydrogen-bond acceptors (Lipinski definition) is 4. The number of benzene rings is 2. The van der Waals surface area contributed by atoms with Crippen LogP contribution in [0.2, 0.25) is 0 Å². The first-order valence-corrected chi connectivity index (χ1v) is 7.17. The van der Waals surface area contributed by atoms with Crippen LogP contribution in [0.5, 0.6) is 5.75 Å². The Labute approximate surface area is 132 Å². The van der Waals surface area contributed by atoms with Crippen molar-refractivity contribution in [1.82, 2.24) is 4.98 Å². The van der Waals surface area contributed by atoms with Gasteiger partial charge in [0.15, 0.2) is 5.58 Å². The van der Waals surface area contributed by atoms with Crippen molar-refractivity contribution >= 4 is 34.2 Å². The fraction of sp³-hybridized carbons (Fsp3) is 0.125. The number of aliphatic imine (C=N–C) groups is 1. The lowest BCUT2D eigenvalue weighted by Crippen LogP contribution is -2.12. The van der Waals surface area contributed by atoms with Gasteiger partial charge in [0, 0.05) is 11.6 Å². The maximum absolute atomic E-state index is 5.80. The number of halogens is 1. The Morgan fingerprint density at radius 1 is 1.32 bits per heavy atom. The number of alkyl halides is 1. The third-order valence-corrected chi connectivity index (χ3v) is 3.37. The molecule has 3 rings (SSSR count). The summed E-state index contributed by atoms with van der Waals surface area (Å²) in [5.41, 5.74) is 8.55. The zero-order valence-corrected chi connectivity index (χ0v) is 12.7. The van der Waals surface area contributed by atoms with Crippen molar-refractivity contribution in [3.63, 3.8) is 0 Å². The van der Waals surface area contributed by atoms with Gasteiger partial charge in [-0.2, -0.15) is 0 Å². The van der Waals surface area contributed by atoms with Crippen LogP contribution in [-0.2, 0) is 0 Å². The van der Waals surface area contributed by atoms with Gasteiger partial charge in [0.05, 0.1) is 18.7 Å². The Morgan fingerprint density at radius 3 is 2.95 bits per heavy atom. The van der Waals surface area contributed by atoms with Crippen molar-refractivity contribution in [3.05, 3.63) is 42.5 Å². The molecule has 0 atom stereocenters. The van der Waals surface area contributed by atoms with Crippen molar-refractivity contribution in [1.29, 1.82) is 0 Å². The first kappa shape index (κ1) is 14.4. The molecule has 22 heavy (non-hydrogen) atoms. The lowest BCUT2D eigenvalue weighted by molar-refractivity contribution is 0.415.